The first-order valence-electron chi connectivity index (χ1n) is 5.83. The van der Waals surface area contributed by atoms with Crippen molar-refractivity contribution in [2.45, 2.75) is 33.7 Å². The molecular weight excluding hydrogens is 232 g/mol. The van der Waals surface area contributed by atoms with Crippen molar-refractivity contribution in [3.05, 3.63) is 29.6 Å². The van der Waals surface area contributed by atoms with Crippen LogP contribution in [-0.2, 0) is 11.3 Å². The van der Waals surface area contributed by atoms with E-state index in [2.05, 4.69) is 10.3 Å². The number of aromatic carboxylic acids is 1. The number of nitrogens with one attached hydrogen (secondary N) is 1. The topological polar surface area (TPSA) is 79.3 Å². The van der Waals surface area contributed by atoms with Gasteiger partial charge in [0.25, 0.3) is 0 Å². The number of hydrogen-bond donors (Lipinski definition) is 2. The molecule has 0 aliphatic carbocycles. The number of aromatic nitrogens is 1. The van der Waals surface area contributed by atoms with Crippen molar-refractivity contribution < 1.29 is 14.7 Å². The summed E-state index contributed by atoms with van der Waals surface area (Å²) >= 11 is 0. The van der Waals surface area contributed by atoms with Crippen LogP contribution in [0.1, 0.15) is 43.2 Å². The fraction of sp³-hybridized carbons (Fsp3) is 0.462. The number of hydrogen-bond acceptors (Lipinski definition) is 3. The summed E-state index contributed by atoms with van der Waals surface area (Å²) in [5.74, 6) is -1.08. The predicted octanol–water partition coefficient (Wildman–Crippen LogP) is 1.83. The smallest absolute Gasteiger partial charge is 0.354 e. The number of carbonyl (C=O) groups excluding carboxylic acids is 1. The maximum Gasteiger partial charge on any atom is 0.354 e. The lowest BCUT2D eigenvalue weighted by Crippen LogP contribution is -2.36. The zero-order valence-corrected chi connectivity index (χ0v) is 10.9. The Hall–Kier alpha value is -1.91. The summed E-state index contributed by atoms with van der Waals surface area (Å²) in [6, 6.07) is 3.07. The summed E-state index contributed by atoms with van der Waals surface area (Å²) < 4.78 is 0. The normalized spacial score (nSPS) is 11.1. The third-order valence-corrected chi connectivity index (χ3v) is 3.00. The van der Waals surface area contributed by atoms with Crippen LogP contribution in [0.4, 0.5) is 0 Å². The van der Waals surface area contributed by atoms with E-state index in [1.54, 1.807) is 6.07 Å². The Morgan fingerprint density at radius 1 is 1.39 bits per heavy atom. The lowest BCUT2D eigenvalue weighted by atomic mass is 9.89. The molecule has 1 amide bonds. The van der Waals surface area contributed by atoms with Crippen molar-refractivity contribution in [1.29, 1.82) is 0 Å². The molecular formula is C13H18N2O3. The van der Waals surface area contributed by atoms with E-state index in [1.165, 1.54) is 12.3 Å². The van der Waals surface area contributed by atoms with Gasteiger partial charge in [0.1, 0.15) is 5.69 Å². The van der Waals surface area contributed by atoms with Gasteiger partial charge in [0.15, 0.2) is 0 Å². The van der Waals surface area contributed by atoms with Crippen LogP contribution in [0, 0.1) is 5.41 Å². The van der Waals surface area contributed by atoms with Crippen molar-refractivity contribution >= 4 is 11.9 Å². The summed E-state index contributed by atoms with van der Waals surface area (Å²) in [6.45, 7) is 6.08. The molecule has 0 aromatic carbocycles. The Morgan fingerprint density at radius 2 is 2.06 bits per heavy atom. The summed E-state index contributed by atoms with van der Waals surface area (Å²) in [5, 5.41) is 11.5. The molecule has 18 heavy (non-hydrogen) atoms. The van der Waals surface area contributed by atoms with Gasteiger partial charge in [-0.1, -0.05) is 26.8 Å². The second-order valence-electron chi connectivity index (χ2n) is 4.78. The molecule has 1 heterocycles. The summed E-state index contributed by atoms with van der Waals surface area (Å²) in [4.78, 5) is 26.2. The molecule has 0 spiro atoms. The zero-order valence-electron chi connectivity index (χ0n) is 10.9. The van der Waals surface area contributed by atoms with Gasteiger partial charge in [-0.15, -0.1) is 0 Å². The molecule has 0 saturated carbocycles. The van der Waals surface area contributed by atoms with Crippen molar-refractivity contribution in [1.82, 2.24) is 10.3 Å². The molecule has 0 aliphatic heterocycles. The SMILES string of the molecule is CCC(C)(C)C(=O)NCc1ccc(C(=O)O)nc1. The van der Waals surface area contributed by atoms with Crippen LogP contribution >= 0.6 is 0 Å². The lowest BCUT2D eigenvalue weighted by molar-refractivity contribution is -0.129. The highest BCUT2D eigenvalue weighted by Gasteiger charge is 2.24. The highest BCUT2D eigenvalue weighted by Crippen LogP contribution is 2.19. The van der Waals surface area contributed by atoms with Gasteiger partial charge in [-0.3, -0.25) is 4.79 Å². The minimum Gasteiger partial charge on any atom is -0.477 e. The number of nitrogens with zero attached hydrogens (tertiary/aromatic N) is 1. The van der Waals surface area contributed by atoms with Crippen LogP contribution in [0.2, 0.25) is 0 Å². The molecule has 2 N–H and O–H groups in total. The maximum absolute atomic E-state index is 11.8. The monoisotopic (exact) mass is 250 g/mol. The molecule has 0 saturated heterocycles. The van der Waals surface area contributed by atoms with E-state index in [0.717, 1.165) is 12.0 Å². The van der Waals surface area contributed by atoms with E-state index >= 15 is 0 Å². The van der Waals surface area contributed by atoms with Crippen LogP contribution in [0.5, 0.6) is 0 Å². The van der Waals surface area contributed by atoms with Gasteiger partial charge < -0.3 is 10.4 Å². The van der Waals surface area contributed by atoms with Gasteiger partial charge in [-0.05, 0) is 18.1 Å². The van der Waals surface area contributed by atoms with Crippen LogP contribution < -0.4 is 5.32 Å². The average molecular weight is 250 g/mol. The highest BCUT2D eigenvalue weighted by atomic mass is 16.4. The lowest BCUT2D eigenvalue weighted by Gasteiger charge is -2.21. The fourth-order valence-corrected chi connectivity index (χ4v) is 1.24. The largest absolute Gasteiger partial charge is 0.477 e. The Labute approximate surface area is 106 Å². The quantitative estimate of drug-likeness (QED) is 0.835. The number of carboxylic acids is 1. The summed E-state index contributed by atoms with van der Waals surface area (Å²) in [6.07, 6.45) is 2.22. The van der Waals surface area contributed by atoms with E-state index in [-0.39, 0.29) is 11.6 Å². The van der Waals surface area contributed by atoms with Crippen LogP contribution in [-0.4, -0.2) is 22.0 Å². The number of amides is 1. The molecule has 1 rings (SSSR count). The molecule has 5 heteroatoms. The van der Waals surface area contributed by atoms with E-state index in [4.69, 9.17) is 5.11 Å². The van der Waals surface area contributed by atoms with Gasteiger partial charge >= 0.3 is 5.97 Å². The first kappa shape index (κ1) is 14.2. The second-order valence-corrected chi connectivity index (χ2v) is 4.78. The Bertz CT molecular complexity index is 438. The molecule has 98 valence electrons. The molecule has 0 unspecified atom stereocenters. The van der Waals surface area contributed by atoms with E-state index in [0.29, 0.717) is 6.54 Å². The maximum atomic E-state index is 11.8. The van der Waals surface area contributed by atoms with Crippen LogP contribution in [0.3, 0.4) is 0 Å². The molecule has 0 aliphatic rings. The van der Waals surface area contributed by atoms with E-state index in [1.807, 2.05) is 20.8 Å². The van der Waals surface area contributed by atoms with E-state index < -0.39 is 11.4 Å². The first-order chi connectivity index (χ1) is 8.36. The Morgan fingerprint density at radius 3 is 2.50 bits per heavy atom. The Kier molecular flexibility index (Phi) is 4.42. The number of carbonyl (C=O) groups is 2. The fourth-order valence-electron chi connectivity index (χ4n) is 1.24. The third kappa shape index (κ3) is 3.55. The molecule has 5 nitrogen and oxygen atoms in total. The number of carboxylic acid groups (broad SMARTS) is 1. The minimum absolute atomic E-state index is 0.000959. The molecule has 1 aromatic rings. The average Bonchev–Trinajstić information content (AvgIpc) is 2.36. The summed E-state index contributed by atoms with van der Waals surface area (Å²) in [5.41, 5.74) is 0.383. The predicted molar refractivity (Wildman–Crippen MR) is 67.1 cm³/mol. The van der Waals surface area contributed by atoms with Crippen LogP contribution in [0.15, 0.2) is 18.3 Å². The molecule has 0 atom stereocenters. The van der Waals surface area contributed by atoms with Crippen molar-refractivity contribution in [2.24, 2.45) is 5.41 Å². The standard InChI is InChI=1S/C13H18N2O3/c1-4-13(2,3)12(18)15-8-9-5-6-10(11(16)17)14-7-9/h5-7H,4,8H2,1-3H3,(H,15,18)(H,16,17). The minimum atomic E-state index is -1.06. The zero-order chi connectivity index (χ0) is 13.8. The van der Waals surface area contributed by atoms with Gasteiger partial charge in [0.05, 0.1) is 0 Å². The molecule has 0 radical (unpaired) electrons. The first-order valence-corrected chi connectivity index (χ1v) is 5.83. The summed E-state index contributed by atoms with van der Waals surface area (Å²) in [7, 11) is 0. The van der Waals surface area contributed by atoms with Gasteiger partial charge in [0.2, 0.25) is 5.91 Å². The molecule has 0 bridgehead atoms. The van der Waals surface area contributed by atoms with Gasteiger partial charge in [-0.2, -0.15) is 0 Å². The third-order valence-electron chi connectivity index (χ3n) is 3.00. The number of rotatable bonds is 5. The van der Waals surface area contributed by atoms with Gasteiger partial charge in [-0.25, -0.2) is 9.78 Å². The van der Waals surface area contributed by atoms with Crippen molar-refractivity contribution in [3.8, 4) is 0 Å². The van der Waals surface area contributed by atoms with Crippen LogP contribution in [0.25, 0.3) is 0 Å². The molecule has 1 aromatic heterocycles. The van der Waals surface area contributed by atoms with Gasteiger partial charge in [0, 0.05) is 18.2 Å². The second kappa shape index (κ2) is 5.62. The Balaban J connectivity index is 2.59. The van der Waals surface area contributed by atoms with Crippen molar-refractivity contribution in [2.75, 3.05) is 0 Å². The highest BCUT2D eigenvalue weighted by molar-refractivity contribution is 5.85. The number of pyridine rings is 1. The molecule has 0 fully saturated rings. The van der Waals surface area contributed by atoms with Crippen molar-refractivity contribution in [3.63, 3.8) is 0 Å². The van der Waals surface area contributed by atoms with E-state index in [9.17, 15) is 9.59 Å².